The van der Waals surface area contributed by atoms with Crippen molar-refractivity contribution in [1.82, 2.24) is 10.6 Å². The molecule has 1 fully saturated rings. The summed E-state index contributed by atoms with van der Waals surface area (Å²) in [7, 11) is 0. The van der Waals surface area contributed by atoms with Crippen molar-refractivity contribution in [3.63, 3.8) is 0 Å². The third-order valence-corrected chi connectivity index (χ3v) is 2.93. The maximum absolute atomic E-state index is 11.4. The maximum Gasteiger partial charge on any atom is 0.413 e. The van der Waals surface area contributed by atoms with Gasteiger partial charge in [0.25, 0.3) is 0 Å². The Hall–Kier alpha value is -0.750. The second-order valence-electron chi connectivity index (χ2n) is 3.25. The Bertz CT molecular complexity index is 229. The lowest BCUT2D eigenvalue weighted by molar-refractivity contribution is -0.121. The normalized spacial score (nSPS) is 19.9. The smallest absolute Gasteiger partial charge is 0.413 e. The number of amides is 2. The van der Waals surface area contributed by atoms with E-state index in [0.717, 1.165) is 18.7 Å². The molecule has 0 spiro atoms. The molecule has 1 heterocycles. The molecule has 6 heteroatoms. The van der Waals surface area contributed by atoms with Crippen LogP contribution in [-0.2, 0) is 9.53 Å². The highest BCUT2D eigenvalue weighted by Crippen LogP contribution is 2.09. The zero-order chi connectivity index (χ0) is 11.1. The Morgan fingerprint density at radius 2 is 2.40 bits per heavy atom. The number of alkyl carbamates (subject to hydrolysis) is 1. The highest BCUT2D eigenvalue weighted by molar-refractivity contribution is 7.99. The fourth-order valence-electron chi connectivity index (χ4n) is 1.10. The van der Waals surface area contributed by atoms with Crippen molar-refractivity contribution in [2.45, 2.75) is 25.8 Å². The van der Waals surface area contributed by atoms with E-state index in [4.69, 9.17) is 4.74 Å². The van der Waals surface area contributed by atoms with Crippen LogP contribution < -0.4 is 10.6 Å². The third-order valence-electron chi connectivity index (χ3n) is 1.99. The number of rotatable bonds is 4. The summed E-state index contributed by atoms with van der Waals surface area (Å²) in [6.07, 6.45) is 1.13. The first-order valence-corrected chi connectivity index (χ1v) is 6.18. The van der Waals surface area contributed by atoms with Crippen LogP contribution in [0.4, 0.5) is 4.79 Å². The van der Waals surface area contributed by atoms with Gasteiger partial charge in [-0.2, -0.15) is 0 Å². The van der Waals surface area contributed by atoms with Crippen molar-refractivity contribution in [3.05, 3.63) is 0 Å². The number of hydrogen-bond acceptors (Lipinski definition) is 5. The van der Waals surface area contributed by atoms with E-state index in [1.54, 1.807) is 11.8 Å². The molecule has 15 heavy (non-hydrogen) atoms. The molecule has 86 valence electrons. The first-order chi connectivity index (χ1) is 7.24. The van der Waals surface area contributed by atoms with E-state index in [-0.39, 0.29) is 11.9 Å². The van der Waals surface area contributed by atoms with Gasteiger partial charge >= 0.3 is 6.09 Å². The summed E-state index contributed by atoms with van der Waals surface area (Å²) in [5.41, 5.74) is 0. The molecule has 0 aliphatic carbocycles. The summed E-state index contributed by atoms with van der Waals surface area (Å²) in [5.74, 6) is 1.15. The zero-order valence-corrected chi connectivity index (χ0v) is 9.56. The predicted molar refractivity (Wildman–Crippen MR) is 58.6 cm³/mol. The molecule has 0 aromatic rings. The van der Waals surface area contributed by atoms with Gasteiger partial charge in [0, 0.05) is 11.6 Å². The molecule has 1 saturated heterocycles. The lowest BCUT2D eigenvalue weighted by atomic mass is 10.3. The number of ether oxygens (including phenoxy) is 1. The van der Waals surface area contributed by atoms with E-state index in [0.29, 0.717) is 12.4 Å². The Labute approximate surface area is 93.3 Å². The minimum absolute atomic E-state index is 0.270. The fraction of sp³-hybridized carbons (Fsp3) is 0.778. The van der Waals surface area contributed by atoms with Crippen LogP contribution in [-0.4, -0.2) is 36.3 Å². The van der Waals surface area contributed by atoms with Crippen LogP contribution in [0.2, 0.25) is 0 Å². The van der Waals surface area contributed by atoms with Crippen molar-refractivity contribution in [1.29, 1.82) is 0 Å². The Kier molecular flexibility index (Phi) is 5.49. The molecule has 2 N–H and O–H groups in total. The van der Waals surface area contributed by atoms with E-state index in [1.807, 2.05) is 6.92 Å². The molecule has 1 aliphatic rings. The molecule has 1 rings (SSSR count). The van der Waals surface area contributed by atoms with E-state index in [2.05, 4.69) is 10.6 Å². The second kappa shape index (κ2) is 6.68. The maximum atomic E-state index is 11.4. The van der Waals surface area contributed by atoms with Crippen LogP contribution in [0.5, 0.6) is 0 Å². The van der Waals surface area contributed by atoms with Crippen LogP contribution in [0.15, 0.2) is 0 Å². The average molecular weight is 232 g/mol. The van der Waals surface area contributed by atoms with Gasteiger partial charge in [-0.1, -0.05) is 13.3 Å². The molecule has 0 aromatic carbocycles. The van der Waals surface area contributed by atoms with Crippen molar-refractivity contribution in [3.8, 4) is 0 Å². The molecule has 2 amide bonds. The number of hydrogen-bond donors (Lipinski definition) is 2. The van der Waals surface area contributed by atoms with Crippen LogP contribution in [0.3, 0.4) is 0 Å². The third kappa shape index (κ3) is 4.53. The summed E-state index contributed by atoms with van der Waals surface area (Å²) in [4.78, 5) is 22.5. The van der Waals surface area contributed by atoms with Gasteiger partial charge in [-0.15, -0.1) is 11.8 Å². The van der Waals surface area contributed by atoms with Gasteiger partial charge in [0.1, 0.15) is 0 Å². The minimum atomic E-state index is -0.646. The van der Waals surface area contributed by atoms with Crippen molar-refractivity contribution in [2.75, 3.05) is 18.2 Å². The summed E-state index contributed by atoms with van der Waals surface area (Å²) in [6.45, 7) is 2.37. The van der Waals surface area contributed by atoms with E-state index < -0.39 is 6.09 Å². The zero-order valence-electron chi connectivity index (χ0n) is 8.75. The molecule has 1 atom stereocenters. The van der Waals surface area contributed by atoms with Crippen LogP contribution in [0, 0.1) is 0 Å². The molecule has 0 bridgehead atoms. The highest BCUT2D eigenvalue weighted by Gasteiger charge is 2.24. The lowest BCUT2D eigenvalue weighted by Crippen LogP contribution is -2.44. The number of carbonyl (C=O) groups is 2. The van der Waals surface area contributed by atoms with E-state index in [1.165, 1.54) is 0 Å². The topological polar surface area (TPSA) is 67.4 Å². The van der Waals surface area contributed by atoms with E-state index in [9.17, 15) is 9.59 Å². The Balaban J connectivity index is 2.16. The Morgan fingerprint density at radius 3 is 3.00 bits per heavy atom. The number of carbonyl (C=O) groups excluding carboxylic acids is 2. The SMILES string of the molecule is CCCCOC(=O)NC(=O)C1CSCN1. The summed E-state index contributed by atoms with van der Waals surface area (Å²) < 4.78 is 4.81. The number of unbranched alkanes of at least 4 members (excludes halogenated alkanes) is 1. The lowest BCUT2D eigenvalue weighted by Gasteiger charge is -2.09. The molecule has 0 radical (unpaired) electrons. The van der Waals surface area contributed by atoms with Crippen molar-refractivity contribution >= 4 is 23.8 Å². The van der Waals surface area contributed by atoms with Crippen LogP contribution >= 0.6 is 11.8 Å². The van der Waals surface area contributed by atoms with Crippen molar-refractivity contribution in [2.24, 2.45) is 0 Å². The Morgan fingerprint density at radius 1 is 1.60 bits per heavy atom. The standard InChI is InChI=1S/C9H16N2O3S/c1-2-3-4-14-9(13)11-8(12)7-5-15-6-10-7/h7,10H,2-6H2,1H3,(H,11,12,13). The van der Waals surface area contributed by atoms with Gasteiger partial charge in [-0.05, 0) is 6.42 Å². The fourth-order valence-corrected chi connectivity index (χ4v) is 2.04. The monoisotopic (exact) mass is 232 g/mol. The molecule has 0 aromatic heterocycles. The summed E-state index contributed by atoms with van der Waals surface area (Å²) in [5, 5.41) is 5.18. The predicted octanol–water partition coefficient (Wildman–Crippen LogP) is 0.702. The van der Waals surface area contributed by atoms with Crippen LogP contribution in [0.1, 0.15) is 19.8 Å². The first-order valence-electron chi connectivity index (χ1n) is 5.02. The van der Waals surface area contributed by atoms with Gasteiger partial charge < -0.3 is 4.74 Å². The average Bonchev–Trinajstić information content (AvgIpc) is 2.70. The summed E-state index contributed by atoms with van der Waals surface area (Å²) >= 11 is 1.64. The quantitative estimate of drug-likeness (QED) is 0.698. The largest absolute Gasteiger partial charge is 0.449 e. The molecule has 1 unspecified atom stereocenters. The van der Waals surface area contributed by atoms with Crippen molar-refractivity contribution < 1.29 is 14.3 Å². The number of imide groups is 1. The number of thioether (sulfide) groups is 1. The minimum Gasteiger partial charge on any atom is -0.449 e. The molecular weight excluding hydrogens is 216 g/mol. The highest BCUT2D eigenvalue weighted by atomic mass is 32.2. The molecule has 0 saturated carbocycles. The van der Waals surface area contributed by atoms with Gasteiger partial charge in [0.2, 0.25) is 5.91 Å². The van der Waals surface area contributed by atoms with Gasteiger partial charge in [-0.25, -0.2) is 4.79 Å². The molecule has 5 nitrogen and oxygen atoms in total. The molecular formula is C9H16N2O3S. The first kappa shape index (κ1) is 12.3. The molecule has 1 aliphatic heterocycles. The van der Waals surface area contributed by atoms with Gasteiger partial charge in [0.05, 0.1) is 12.6 Å². The van der Waals surface area contributed by atoms with Gasteiger partial charge in [0.15, 0.2) is 0 Å². The van der Waals surface area contributed by atoms with Gasteiger partial charge in [-0.3, -0.25) is 15.4 Å². The van der Waals surface area contributed by atoms with Crippen LogP contribution in [0.25, 0.3) is 0 Å². The second-order valence-corrected chi connectivity index (χ2v) is 4.28. The summed E-state index contributed by atoms with van der Waals surface area (Å²) in [6, 6.07) is -0.270. The number of nitrogens with one attached hydrogen (secondary N) is 2. The van der Waals surface area contributed by atoms with E-state index >= 15 is 0 Å².